The number of hydrogen-bond acceptors (Lipinski definition) is 0. The Kier molecular flexibility index (Phi) is 1.57. The summed E-state index contributed by atoms with van der Waals surface area (Å²) >= 11 is 0. The molecule has 3 aromatic rings. The zero-order valence-corrected chi connectivity index (χ0v) is 9.72. The van der Waals surface area contributed by atoms with Crippen molar-refractivity contribution >= 4 is 10.9 Å². The van der Waals surface area contributed by atoms with E-state index in [0.717, 1.165) is 6.54 Å². The number of fused-ring (bicyclic) bond motifs is 5. The van der Waals surface area contributed by atoms with Gasteiger partial charge in [-0.05, 0) is 30.7 Å². The van der Waals surface area contributed by atoms with E-state index < -0.39 is 0 Å². The highest BCUT2D eigenvalue weighted by molar-refractivity contribution is 5.79. The molecule has 0 bridgehead atoms. The van der Waals surface area contributed by atoms with Gasteiger partial charge in [0.15, 0.2) is 6.54 Å². The van der Waals surface area contributed by atoms with Crippen LogP contribution < -0.4 is 4.68 Å². The van der Waals surface area contributed by atoms with Crippen molar-refractivity contribution in [1.82, 2.24) is 4.68 Å². The van der Waals surface area contributed by atoms with Crippen LogP contribution in [0, 0.1) is 6.92 Å². The molecule has 2 aromatic carbocycles. The van der Waals surface area contributed by atoms with Gasteiger partial charge >= 0.3 is 0 Å². The van der Waals surface area contributed by atoms with Crippen LogP contribution in [-0.2, 0) is 6.54 Å². The lowest BCUT2D eigenvalue weighted by Crippen LogP contribution is -2.36. The van der Waals surface area contributed by atoms with Gasteiger partial charge in [0.25, 0.3) is 0 Å². The maximum atomic E-state index is 2.32. The van der Waals surface area contributed by atoms with E-state index in [0.29, 0.717) is 0 Å². The van der Waals surface area contributed by atoms with Gasteiger partial charge in [0, 0.05) is 0 Å². The van der Waals surface area contributed by atoms with Gasteiger partial charge in [-0.25, -0.2) is 0 Å². The van der Waals surface area contributed by atoms with Crippen LogP contribution in [0.5, 0.6) is 0 Å². The van der Waals surface area contributed by atoms with Crippen molar-refractivity contribution < 1.29 is 4.68 Å². The molecule has 0 spiro atoms. The van der Waals surface area contributed by atoms with Crippen molar-refractivity contribution in [3.05, 3.63) is 59.8 Å². The van der Waals surface area contributed by atoms with Gasteiger partial charge < -0.3 is 0 Å². The van der Waals surface area contributed by atoms with Crippen LogP contribution >= 0.6 is 0 Å². The van der Waals surface area contributed by atoms with Crippen molar-refractivity contribution in [3.8, 4) is 5.69 Å². The fraction of sp³-hybridized carbons (Fsp3) is 0.133. The van der Waals surface area contributed by atoms with E-state index >= 15 is 0 Å². The van der Waals surface area contributed by atoms with Crippen molar-refractivity contribution in [2.45, 2.75) is 13.5 Å². The van der Waals surface area contributed by atoms with Gasteiger partial charge in [0.1, 0.15) is 11.2 Å². The standard InChI is InChI=1S/C15H13N2/c1-11-5-4-8-15-13(11)10-16-9-12-6-2-3-7-14(12)17(15)16/h2-9H,10H2,1H3/q+1. The first-order valence-corrected chi connectivity index (χ1v) is 5.94. The van der Waals surface area contributed by atoms with E-state index in [1.54, 1.807) is 0 Å². The summed E-state index contributed by atoms with van der Waals surface area (Å²) in [6.45, 7) is 3.17. The van der Waals surface area contributed by atoms with Crippen molar-refractivity contribution in [2.24, 2.45) is 0 Å². The van der Waals surface area contributed by atoms with Crippen LogP contribution in [0.25, 0.3) is 16.6 Å². The Bertz CT molecular complexity index is 738. The molecule has 0 aliphatic carbocycles. The molecule has 1 aliphatic heterocycles. The van der Waals surface area contributed by atoms with Gasteiger partial charge in [0.2, 0.25) is 6.20 Å². The Balaban J connectivity index is 2.14. The zero-order chi connectivity index (χ0) is 11.4. The molecule has 2 heteroatoms. The molecule has 0 saturated carbocycles. The van der Waals surface area contributed by atoms with Gasteiger partial charge in [-0.3, -0.25) is 0 Å². The highest BCUT2D eigenvalue weighted by atomic mass is 15.4. The molecule has 0 saturated heterocycles. The average molecular weight is 221 g/mol. The van der Waals surface area contributed by atoms with Gasteiger partial charge in [-0.2, -0.15) is 0 Å². The fourth-order valence-electron chi connectivity index (χ4n) is 2.78. The first-order valence-electron chi connectivity index (χ1n) is 5.94. The molecule has 0 amide bonds. The molecule has 0 radical (unpaired) electrons. The Morgan fingerprint density at radius 1 is 1.06 bits per heavy atom. The number of aromatic nitrogens is 2. The van der Waals surface area contributed by atoms with Crippen LogP contribution in [0.2, 0.25) is 0 Å². The summed E-state index contributed by atoms with van der Waals surface area (Å²) < 4.78 is 4.61. The van der Waals surface area contributed by atoms with Gasteiger partial charge in [0.05, 0.1) is 10.9 Å². The largest absolute Gasteiger partial charge is 0.204 e. The Labute approximate surface area is 99.7 Å². The summed E-state index contributed by atoms with van der Waals surface area (Å²) in [4.78, 5) is 0. The molecule has 0 N–H and O–H groups in total. The molecule has 2 nitrogen and oxygen atoms in total. The Morgan fingerprint density at radius 3 is 2.88 bits per heavy atom. The Morgan fingerprint density at radius 2 is 1.94 bits per heavy atom. The summed E-state index contributed by atoms with van der Waals surface area (Å²) in [6.07, 6.45) is 2.23. The van der Waals surface area contributed by atoms with E-state index in [2.05, 4.69) is 64.9 Å². The molecule has 1 aromatic heterocycles. The SMILES string of the molecule is Cc1cccc2c1C[n+]1cc3ccccc3n1-2. The van der Waals surface area contributed by atoms with E-state index in [1.165, 1.54) is 27.7 Å². The molecule has 0 atom stereocenters. The third-order valence-corrected chi connectivity index (χ3v) is 3.64. The monoisotopic (exact) mass is 221 g/mol. The van der Waals surface area contributed by atoms with E-state index in [-0.39, 0.29) is 0 Å². The fourth-order valence-corrected chi connectivity index (χ4v) is 2.78. The van der Waals surface area contributed by atoms with E-state index in [1.807, 2.05) is 0 Å². The van der Waals surface area contributed by atoms with Crippen LogP contribution in [-0.4, -0.2) is 4.68 Å². The maximum absolute atomic E-state index is 2.32. The van der Waals surface area contributed by atoms with Crippen molar-refractivity contribution in [2.75, 3.05) is 0 Å². The first-order chi connectivity index (χ1) is 8.34. The van der Waals surface area contributed by atoms with E-state index in [4.69, 9.17) is 0 Å². The summed E-state index contributed by atoms with van der Waals surface area (Å²) in [5, 5.41) is 1.31. The predicted molar refractivity (Wildman–Crippen MR) is 67.3 cm³/mol. The summed E-state index contributed by atoms with van der Waals surface area (Å²) in [6, 6.07) is 15.1. The topological polar surface area (TPSA) is 8.81 Å². The quantitative estimate of drug-likeness (QED) is 0.404. The number of benzene rings is 2. The van der Waals surface area contributed by atoms with Crippen LogP contribution in [0.4, 0.5) is 0 Å². The Hall–Kier alpha value is -2.09. The summed E-state index contributed by atoms with van der Waals surface area (Å²) in [5.74, 6) is 0. The molecule has 0 unspecified atom stereocenters. The van der Waals surface area contributed by atoms with Gasteiger partial charge in [-0.1, -0.05) is 24.3 Å². The molecule has 17 heavy (non-hydrogen) atoms. The smallest absolute Gasteiger partial charge is 0.120 e. The molecule has 4 rings (SSSR count). The number of aryl methyl sites for hydroxylation is 1. The van der Waals surface area contributed by atoms with Crippen molar-refractivity contribution in [3.63, 3.8) is 0 Å². The average Bonchev–Trinajstić information content (AvgIpc) is 2.85. The lowest BCUT2D eigenvalue weighted by atomic mass is 10.1. The number of hydrogen-bond donors (Lipinski definition) is 0. The lowest BCUT2D eigenvalue weighted by Gasteiger charge is -1.99. The van der Waals surface area contributed by atoms with Crippen molar-refractivity contribution in [1.29, 1.82) is 0 Å². The second-order valence-electron chi connectivity index (χ2n) is 4.67. The van der Waals surface area contributed by atoms with E-state index in [9.17, 15) is 0 Å². The predicted octanol–water partition coefficient (Wildman–Crippen LogP) is 2.59. The second kappa shape index (κ2) is 2.98. The first kappa shape index (κ1) is 8.99. The molecule has 82 valence electrons. The van der Waals surface area contributed by atoms with Gasteiger partial charge in [-0.15, -0.1) is 9.36 Å². The van der Waals surface area contributed by atoms with Crippen LogP contribution in [0.3, 0.4) is 0 Å². The third-order valence-electron chi connectivity index (χ3n) is 3.64. The summed E-state index contributed by atoms with van der Waals surface area (Å²) in [7, 11) is 0. The minimum Gasteiger partial charge on any atom is -0.120 e. The third kappa shape index (κ3) is 1.07. The van der Waals surface area contributed by atoms with Crippen LogP contribution in [0.15, 0.2) is 48.7 Å². The molecule has 1 aliphatic rings. The lowest BCUT2D eigenvalue weighted by molar-refractivity contribution is -0.749. The molecule has 2 heterocycles. The highest BCUT2D eigenvalue weighted by Gasteiger charge is 2.28. The molecular formula is C15H13N2+. The second-order valence-corrected chi connectivity index (χ2v) is 4.67. The van der Waals surface area contributed by atoms with Crippen LogP contribution in [0.1, 0.15) is 11.1 Å². The molecular weight excluding hydrogens is 208 g/mol. The number of nitrogens with zero attached hydrogens (tertiary/aromatic N) is 2. The maximum Gasteiger partial charge on any atom is 0.204 e. The molecule has 0 fully saturated rings. The minimum absolute atomic E-state index is 0.983. The number of para-hydroxylation sites is 1. The summed E-state index contributed by atoms with van der Waals surface area (Å²) in [5.41, 5.74) is 5.43. The zero-order valence-electron chi connectivity index (χ0n) is 9.72. The number of rotatable bonds is 0. The minimum atomic E-state index is 0.983. The normalized spacial score (nSPS) is 12.8. The highest BCUT2D eigenvalue weighted by Crippen LogP contribution is 2.26.